The number of nitrogens with zero attached hydrogens (tertiary/aromatic N) is 2. The Hall–Kier alpha value is -1.32. The number of hydrogen-bond donors (Lipinski definition) is 1. The van der Waals surface area contributed by atoms with Crippen molar-refractivity contribution in [2.75, 3.05) is 6.54 Å². The summed E-state index contributed by atoms with van der Waals surface area (Å²) in [7, 11) is 1.97. The zero-order valence-electron chi connectivity index (χ0n) is 10.1. The van der Waals surface area contributed by atoms with Gasteiger partial charge in [0.2, 0.25) is 0 Å². The molecule has 0 atom stereocenters. The van der Waals surface area contributed by atoms with Gasteiger partial charge in [-0.3, -0.25) is 0 Å². The maximum absolute atomic E-state index is 6.19. The van der Waals surface area contributed by atoms with E-state index in [1.165, 1.54) is 5.56 Å². The lowest BCUT2D eigenvalue weighted by molar-refractivity contribution is 0.782. The highest BCUT2D eigenvalue weighted by molar-refractivity contribution is 6.32. The molecule has 0 unspecified atom stereocenters. The molecule has 17 heavy (non-hydrogen) atoms. The fourth-order valence-electron chi connectivity index (χ4n) is 1.89. The molecule has 2 aromatic rings. The van der Waals surface area contributed by atoms with Gasteiger partial charge in [-0.05, 0) is 13.5 Å². The first-order valence-corrected chi connectivity index (χ1v) is 5.99. The minimum Gasteiger partial charge on any atom is -0.330 e. The molecule has 0 aliphatic heterocycles. The van der Waals surface area contributed by atoms with Crippen LogP contribution in [-0.4, -0.2) is 16.1 Å². The van der Waals surface area contributed by atoms with Crippen LogP contribution < -0.4 is 5.73 Å². The van der Waals surface area contributed by atoms with Crippen LogP contribution in [0.1, 0.15) is 11.4 Å². The van der Waals surface area contributed by atoms with Crippen LogP contribution in [0.3, 0.4) is 0 Å². The standard InChI is InChI=1S/C13H16ClN3/c1-9-3-5-10(6-4-9)12-13(14)16-11(7-8-15)17(12)2/h3-6H,7-8,15H2,1-2H3. The van der Waals surface area contributed by atoms with Gasteiger partial charge in [-0.25, -0.2) is 4.98 Å². The summed E-state index contributed by atoms with van der Waals surface area (Å²) in [6, 6.07) is 8.26. The molecule has 2 N–H and O–H groups in total. The van der Waals surface area contributed by atoms with Crippen molar-refractivity contribution < 1.29 is 0 Å². The molecular formula is C13H16ClN3. The molecule has 2 rings (SSSR count). The van der Waals surface area contributed by atoms with Crippen molar-refractivity contribution in [3.05, 3.63) is 40.8 Å². The SMILES string of the molecule is Cc1ccc(-c2c(Cl)nc(CCN)n2C)cc1. The predicted octanol–water partition coefficient (Wildman–Crippen LogP) is 2.55. The van der Waals surface area contributed by atoms with Gasteiger partial charge in [0.05, 0.1) is 5.69 Å². The molecule has 90 valence electrons. The number of halogens is 1. The molecule has 0 spiro atoms. The highest BCUT2D eigenvalue weighted by Gasteiger charge is 2.13. The smallest absolute Gasteiger partial charge is 0.155 e. The Morgan fingerprint density at radius 3 is 2.53 bits per heavy atom. The Kier molecular flexibility index (Phi) is 3.50. The Labute approximate surface area is 106 Å². The zero-order chi connectivity index (χ0) is 12.4. The molecule has 0 radical (unpaired) electrons. The van der Waals surface area contributed by atoms with Crippen molar-refractivity contribution in [2.45, 2.75) is 13.3 Å². The lowest BCUT2D eigenvalue weighted by atomic mass is 10.1. The second kappa shape index (κ2) is 4.90. The molecule has 0 fully saturated rings. The van der Waals surface area contributed by atoms with Crippen molar-refractivity contribution in [2.24, 2.45) is 12.8 Å². The van der Waals surface area contributed by atoms with E-state index in [0.29, 0.717) is 11.7 Å². The molecule has 0 bridgehead atoms. The average molecular weight is 250 g/mol. The summed E-state index contributed by atoms with van der Waals surface area (Å²) < 4.78 is 2.01. The lowest BCUT2D eigenvalue weighted by Gasteiger charge is -2.06. The van der Waals surface area contributed by atoms with Crippen LogP contribution in [0.5, 0.6) is 0 Å². The predicted molar refractivity (Wildman–Crippen MR) is 71.1 cm³/mol. The molecule has 0 aliphatic carbocycles. The number of aryl methyl sites for hydroxylation is 1. The van der Waals surface area contributed by atoms with Crippen molar-refractivity contribution in [3.8, 4) is 11.3 Å². The summed E-state index contributed by atoms with van der Waals surface area (Å²) in [5.74, 6) is 0.924. The molecule has 1 aromatic heterocycles. The molecule has 0 saturated carbocycles. The molecular weight excluding hydrogens is 234 g/mol. The Balaban J connectivity index is 2.48. The van der Waals surface area contributed by atoms with Gasteiger partial charge in [0.15, 0.2) is 5.15 Å². The van der Waals surface area contributed by atoms with Crippen molar-refractivity contribution in [3.63, 3.8) is 0 Å². The summed E-state index contributed by atoms with van der Waals surface area (Å²) in [4.78, 5) is 4.35. The van der Waals surface area contributed by atoms with E-state index in [1.54, 1.807) is 0 Å². The van der Waals surface area contributed by atoms with Gasteiger partial charge >= 0.3 is 0 Å². The van der Waals surface area contributed by atoms with E-state index in [0.717, 1.165) is 23.5 Å². The van der Waals surface area contributed by atoms with Crippen LogP contribution in [0.4, 0.5) is 0 Å². The van der Waals surface area contributed by atoms with Crippen molar-refractivity contribution in [1.29, 1.82) is 0 Å². The quantitative estimate of drug-likeness (QED) is 0.909. The average Bonchev–Trinajstić information content (AvgIpc) is 2.57. The van der Waals surface area contributed by atoms with E-state index < -0.39 is 0 Å². The largest absolute Gasteiger partial charge is 0.330 e. The molecule has 4 heteroatoms. The van der Waals surface area contributed by atoms with Crippen LogP contribution in [0, 0.1) is 6.92 Å². The van der Waals surface area contributed by atoms with Gasteiger partial charge in [0.1, 0.15) is 5.82 Å². The summed E-state index contributed by atoms with van der Waals surface area (Å²) in [5.41, 5.74) is 8.82. The van der Waals surface area contributed by atoms with Crippen LogP contribution in [0.15, 0.2) is 24.3 Å². The third-order valence-corrected chi connectivity index (χ3v) is 3.10. The van der Waals surface area contributed by atoms with Crippen molar-refractivity contribution >= 4 is 11.6 Å². The fraction of sp³-hybridized carbons (Fsp3) is 0.308. The minimum atomic E-state index is 0.541. The Morgan fingerprint density at radius 1 is 1.29 bits per heavy atom. The first-order valence-electron chi connectivity index (χ1n) is 5.61. The summed E-state index contributed by atoms with van der Waals surface area (Å²) >= 11 is 6.19. The first-order chi connectivity index (χ1) is 8.13. The molecule has 3 nitrogen and oxygen atoms in total. The molecule has 0 amide bonds. The second-order valence-electron chi connectivity index (χ2n) is 4.13. The lowest BCUT2D eigenvalue weighted by Crippen LogP contribution is -2.08. The minimum absolute atomic E-state index is 0.541. The maximum atomic E-state index is 6.19. The Bertz CT molecular complexity index is 514. The topological polar surface area (TPSA) is 43.8 Å². The van der Waals surface area contributed by atoms with Gasteiger partial charge in [-0.15, -0.1) is 0 Å². The van der Waals surface area contributed by atoms with Crippen LogP contribution in [0.2, 0.25) is 5.15 Å². The van der Waals surface area contributed by atoms with Crippen LogP contribution >= 0.6 is 11.6 Å². The van der Waals surface area contributed by atoms with E-state index >= 15 is 0 Å². The maximum Gasteiger partial charge on any atom is 0.155 e. The summed E-state index contributed by atoms with van der Waals surface area (Å²) in [5, 5.41) is 0.541. The summed E-state index contributed by atoms with van der Waals surface area (Å²) in [6.07, 6.45) is 0.738. The molecule has 1 aromatic carbocycles. The first kappa shape index (κ1) is 12.1. The van der Waals surface area contributed by atoms with Crippen molar-refractivity contribution in [1.82, 2.24) is 9.55 Å². The Morgan fingerprint density at radius 2 is 1.94 bits per heavy atom. The highest BCUT2D eigenvalue weighted by atomic mass is 35.5. The zero-order valence-corrected chi connectivity index (χ0v) is 10.8. The van der Waals surface area contributed by atoms with Gasteiger partial charge in [0, 0.05) is 19.0 Å². The van der Waals surface area contributed by atoms with Gasteiger partial charge in [-0.2, -0.15) is 0 Å². The number of benzene rings is 1. The van der Waals surface area contributed by atoms with Crippen LogP contribution in [0.25, 0.3) is 11.3 Å². The number of imidazole rings is 1. The number of rotatable bonds is 3. The number of aromatic nitrogens is 2. The van der Waals surface area contributed by atoms with E-state index in [-0.39, 0.29) is 0 Å². The molecule has 0 saturated heterocycles. The second-order valence-corrected chi connectivity index (χ2v) is 4.49. The normalized spacial score (nSPS) is 10.8. The van der Waals surface area contributed by atoms with Gasteiger partial charge in [0.25, 0.3) is 0 Å². The third-order valence-electron chi connectivity index (χ3n) is 2.84. The van der Waals surface area contributed by atoms with E-state index in [9.17, 15) is 0 Å². The van der Waals surface area contributed by atoms with E-state index in [4.69, 9.17) is 17.3 Å². The summed E-state index contributed by atoms with van der Waals surface area (Å²) in [6.45, 7) is 2.64. The molecule has 1 heterocycles. The van der Waals surface area contributed by atoms with Crippen LogP contribution in [-0.2, 0) is 13.5 Å². The molecule has 0 aliphatic rings. The number of nitrogens with two attached hydrogens (primary N) is 1. The van der Waals surface area contributed by atoms with E-state index in [2.05, 4.69) is 36.2 Å². The highest BCUT2D eigenvalue weighted by Crippen LogP contribution is 2.28. The third kappa shape index (κ3) is 2.35. The monoisotopic (exact) mass is 249 g/mol. The van der Waals surface area contributed by atoms with Gasteiger partial charge in [-0.1, -0.05) is 41.4 Å². The van der Waals surface area contributed by atoms with Gasteiger partial charge < -0.3 is 10.3 Å². The number of hydrogen-bond acceptors (Lipinski definition) is 2. The van der Waals surface area contributed by atoms with E-state index in [1.807, 2.05) is 11.6 Å². The fourth-order valence-corrected chi connectivity index (χ4v) is 2.22.